The molecule has 372 valence electrons. The predicted octanol–water partition coefficient (Wildman–Crippen LogP) is 14.7. The second kappa shape index (κ2) is 22.5. The standard InChI is InChI=1S/C60H68Cl2N4O4Te/c1-5-9-13-21-35-63-47-27-19-17-25-43(47)53(57(63)67)55-45-39-41(29-31-49(45)65(59(55)69)37-23-15-11-7-3)51-33-34-52(71(51,61)62)42-30-32-50-46(40-42)56(60(70)66(50)38-24-16-12-8-4)54-44-26-18-20-28-48(44)64(58(54)68)36-22-14-10-6-2/h17-20,25-34,39-40H,5-16,21-24,35-38H2,1-4H3/b55-53-,56-54+. The first kappa shape index (κ1) is 51.0. The van der Waals surface area contributed by atoms with Gasteiger partial charge in [0.05, 0.1) is 0 Å². The molecule has 9 rings (SSSR count). The molecule has 4 aromatic rings. The summed E-state index contributed by atoms with van der Waals surface area (Å²) in [5, 5.41) is 0. The van der Waals surface area contributed by atoms with Crippen molar-refractivity contribution in [3.05, 3.63) is 130 Å². The first-order chi connectivity index (χ1) is 34.6. The first-order valence-electron chi connectivity index (χ1n) is 26.5. The number of hydrogen-bond donors (Lipinski definition) is 0. The van der Waals surface area contributed by atoms with E-state index in [1.54, 1.807) is 0 Å². The van der Waals surface area contributed by atoms with E-state index in [4.69, 9.17) is 17.9 Å². The molecule has 5 aliphatic heterocycles. The van der Waals surface area contributed by atoms with Crippen LogP contribution in [-0.4, -0.2) is 65.7 Å². The van der Waals surface area contributed by atoms with Crippen LogP contribution in [-0.2, 0) is 19.2 Å². The second-order valence-electron chi connectivity index (χ2n) is 19.6. The average molecular weight is 1110 g/mol. The van der Waals surface area contributed by atoms with Gasteiger partial charge >= 0.3 is 409 Å². The Morgan fingerprint density at radius 2 is 0.662 bits per heavy atom. The number of halogens is 2. The summed E-state index contributed by atoms with van der Waals surface area (Å²) in [5.74, 6) is -0.563. The predicted molar refractivity (Wildman–Crippen MR) is 299 cm³/mol. The van der Waals surface area contributed by atoms with Gasteiger partial charge in [-0.1, -0.05) is 26.7 Å². The van der Waals surface area contributed by atoms with E-state index >= 15 is 0 Å². The molecule has 0 saturated carbocycles. The SMILES string of the molecule is CCCCCCN1C(=O)/C(=C2\C(=O)N(CCCCCC)c3ccc(C4=CC=C(c5ccc6c(c5)/C(=C5\C(=O)N(CCCCCC)c7ccccc75)C(=O)N6CCCCCC)[Te]4(Cl)Cl)cc32)c2ccccc21. The molecule has 5 aliphatic rings. The fraction of sp³-hybridized carbons (Fsp3) is 0.400. The Morgan fingerprint density at radius 1 is 0.366 bits per heavy atom. The summed E-state index contributed by atoms with van der Waals surface area (Å²) in [6.07, 6.45) is 20.4. The maximum absolute atomic E-state index is 14.9. The van der Waals surface area contributed by atoms with E-state index in [2.05, 4.69) is 27.7 Å². The topological polar surface area (TPSA) is 81.2 Å². The number of allylic oxidation sites excluding steroid dienone is 2. The molecule has 0 atom stereocenters. The van der Waals surface area contributed by atoms with E-state index in [1.165, 1.54) is 0 Å². The number of benzene rings is 4. The molecule has 11 heteroatoms. The number of para-hydroxylation sites is 2. The van der Waals surface area contributed by atoms with Gasteiger partial charge in [0.15, 0.2) is 0 Å². The van der Waals surface area contributed by atoms with Crippen molar-refractivity contribution in [3.8, 4) is 0 Å². The van der Waals surface area contributed by atoms with Crippen LogP contribution in [0.5, 0.6) is 0 Å². The molecule has 0 unspecified atom stereocenters. The van der Waals surface area contributed by atoms with Crippen molar-refractivity contribution in [2.45, 2.75) is 130 Å². The first-order valence-corrected chi connectivity index (χ1v) is 34.7. The maximum atomic E-state index is 14.9. The number of amides is 4. The van der Waals surface area contributed by atoms with Gasteiger partial charge in [-0.2, -0.15) is 0 Å². The molecule has 0 aromatic heterocycles. The van der Waals surface area contributed by atoms with Crippen LogP contribution in [0.3, 0.4) is 0 Å². The quantitative estimate of drug-likeness (QED) is 0.0446. The van der Waals surface area contributed by atoms with Gasteiger partial charge in [-0.3, -0.25) is 0 Å². The zero-order chi connectivity index (χ0) is 49.8. The van der Waals surface area contributed by atoms with E-state index in [0.29, 0.717) is 48.5 Å². The monoisotopic (exact) mass is 1110 g/mol. The van der Waals surface area contributed by atoms with E-state index in [-0.39, 0.29) is 23.6 Å². The molecule has 0 bridgehead atoms. The van der Waals surface area contributed by atoms with Crippen LogP contribution in [0.4, 0.5) is 22.7 Å². The van der Waals surface area contributed by atoms with Gasteiger partial charge in [0.2, 0.25) is 0 Å². The van der Waals surface area contributed by atoms with Crippen molar-refractivity contribution < 1.29 is 19.2 Å². The molecule has 0 saturated heterocycles. The Bertz CT molecular complexity index is 2690. The van der Waals surface area contributed by atoms with Crippen LogP contribution in [0.2, 0.25) is 0 Å². The molecular formula is C60H68Cl2N4O4Te. The Morgan fingerprint density at radius 3 is 0.986 bits per heavy atom. The molecule has 0 fully saturated rings. The van der Waals surface area contributed by atoms with Crippen molar-refractivity contribution in [2.24, 2.45) is 0 Å². The number of nitrogens with zero attached hydrogens (tertiary/aromatic N) is 4. The normalized spacial score (nSPS) is 19.2. The van der Waals surface area contributed by atoms with Crippen LogP contribution < -0.4 is 19.6 Å². The van der Waals surface area contributed by atoms with Crippen LogP contribution in [0.1, 0.15) is 164 Å². The molecule has 71 heavy (non-hydrogen) atoms. The zero-order valence-corrected chi connectivity index (χ0v) is 45.8. The summed E-state index contributed by atoms with van der Waals surface area (Å²) >= 11 is -4.23. The van der Waals surface area contributed by atoms with E-state index in [1.807, 2.05) is 117 Å². The van der Waals surface area contributed by atoms with E-state index < -0.39 is 15.9 Å². The van der Waals surface area contributed by atoms with Crippen molar-refractivity contribution in [2.75, 3.05) is 45.8 Å². The Labute approximate surface area is 432 Å². The molecule has 0 aliphatic carbocycles. The third kappa shape index (κ3) is 9.62. The summed E-state index contributed by atoms with van der Waals surface area (Å²) < 4.78 is 1.66. The van der Waals surface area contributed by atoms with Crippen molar-refractivity contribution >= 4 is 110 Å². The zero-order valence-electron chi connectivity index (χ0n) is 42.0. The number of unbranched alkanes of at least 4 members (excludes halogenated alkanes) is 12. The average Bonchev–Trinajstić information content (AvgIpc) is 4.10. The van der Waals surface area contributed by atoms with Crippen molar-refractivity contribution in [3.63, 3.8) is 0 Å². The second-order valence-corrected chi connectivity index (χ2v) is 32.1. The summed E-state index contributed by atoms with van der Waals surface area (Å²) in [7, 11) is 15.6. The molecule has 4 aromatic carbocycles. The van der Waals surface area contributed by atoms with Gasteiger partial charge in [0, 0.05) is 0 Å². The van der Waals surface area contributed by atoms with Gasteiger partial charge in [-0.05, 0) is 0 Å². The van der Waals surface area contributed by atoms with Crippen LogP contribution >= 0.6 is 17.9 Å². The molecule has 0 N–H and O–H groups in total. The number of rotatable bonds is 22. The van der Waals surface area contributed by atoms with E-state index in [9.17, 15) is 19.2 Å². The van der Waals surface area contributed by atoms with Crippen LogP contribution in [0, 0.1) is 0 Å². The van der Waals surface area contributed by atoms with Gasteiger partial charge in [-0.15, -0.1) is 0 Å². The number of anilines is 4. The van der Waals surface area contributed by atoms with Gasteiger partial charge in [0.25, 0.3) is 0 Å². The molecule has 8 nitrogen and oxygen atoms in total. The van der Waals surface area contributed by atoms with Gasteiger partial charge in [0.1, 0.15) is 0 Å². The summed E-state index contributed by atoms with van der Waals surface area (Å²) in [5.41, 5.74) is 9.74. The fourth-order valence-electron chi connectivity index (χ4n) is 11.1. The fourth-order valence-corrected chi connectivity index (χ4v) is 19.3. The number of carbonyl (C=O) groups is 4. The Kier molecular flexibility index (Phi) is 16.1. The summed E-state index contributed by atoms with van der Waals surface area (Å²) in [6, 6.07) is 27.9. The Hall–Kier alpha value is -4.91. The summed E-state index contributed by atoms with van der Waals surface area (Å²) in [4.78, 5) is 66.6. The molecular weight excluding hydrogens is 1040 g/mol. The van der Waals surface area contributed by atoms with Gasteiger partial charge < -0.3 is 0 Å². The molecule has 0 spiro atoms. The minimum atomic E-state index is -4.23. The third-order valence-corrected chi connectivity index (χ3v) is 24.6. The Balaban J connectivity index is 1.09. The third-order valence-electron chi connectivity index (χ3n) is 14.8. The minimum absolute atomic E-state index is 0.132. The molecule has 5 heterocycles. The van der Waals surface area contributed by atoms with E-state index in [0.717, 1.165) is 166 Å². The van der Waals surface area contributed by atoms with Crippen LogP contribution in [0.15, 0.2) is 97.1 Å². The molecule has 0 radical (unpaired) electrons. The van der Waals surface area contributed by atoms with Crippen LogP contribution in [0.25, 0.3) is 29.5 Å². The molecule has 4 amide bonds. The number of fused-ring (bicyclic) bond motifs is 4. The van der Waals surface area contributed by atoms with Crippen molar-refractivity contribution in [1.29, 1.82) is 0 Å². The number of carbonyl (C=O) groups excluding carboxylic acids is 4. The summed E-state index contributed by atoms with van der Waals surface area (Å²) in [6.45, 7) is 11.0. The number of hydrogen-bond acceptors (Lipinski definition) is 4. The van der Waals surface area contributed by atoms with Crippen molar-refractivity contribution in [1.82, 2.24) is 0 Å². The van der Waals surface area contributed by atoms with Gasteiger partial charge in [-0.25, -0.2) is 0 Å².